The van der Waals surface area contributed by atoms with Gasteiger partial charge in [0.15, 0.2) is 0 Å². The normalized spacial score (nSPS) is 12.9. The fraction of sp³-hybridized carbons (Fsp3) is 0.250. The molecule has 1 unspecified atom stereocenters. The first kappa shape index (κ1) is 15.5. The van der Waals surface area contributed by atoms with Crippen LogP contribution in [0.15, 0.2) is 53.4 Å². The van der Waals surface area contributed by atoms with Crippen molar-refractivity contribution in [2.75, 3.05) is 12.4 Å². The van der Waals surface area contributed by atoms with Crippen LogP contribution < -0.4 is 10.0 Å². The highest BCUT2D eigenvalue weighted by molar-refractivity contribution is 7.89. The summed E-state index contributed by atoms with van der Waals surface area (Å²) in [6.07, 6.45) is 0. The van der Waals surface area contributed by atoms with Crippen LogP contribution in [0.5, 0.6) is 0 Å². The minimum Gasteiger partial charge on any atom is -0.378 e. The molecule has 2 aromatic carbocycles. The summed E-state index contributed by atoms with van der Waals surface area (Å²) in [6, 6.07) is 15.5. The largest absolute Gasteiger partial charge is 0.378 e. The molecule has 2 N–H and O–H groups in total. The molecule has 0 saturated carbocycles. The summed E-state index contributed by atoms with van der Waals surface area (Å²) in [5.41, 5.74) is 2.66. The number of hydrogen-bond donors (Lipinski definition) is 2. The van der Waals surface area contributed by atoms with Gasteiger partial charge in [-0.2, -0.15) is 0 Å². The Morgan fingerprint density at radius 1 is 1.05 bits per heavy atom. The summed E-state index contributed by atoms with van der Waals surface area (Å²) in [7, 11) is -2.02. The number of anilines is 1. The maximum absolute atomic E-state index is 12.0. The van der Waals surface area contributed by atoms with Crippen LogP contribution in [0.1, 0.15) is 24.1 Å². The third-order valence-electron chi connectivity index (χ3n) is 3.43. The van der Waals surface area contributed by atoms with Gasteiger partial charge in [-0.3, -0.25) is 0 Å². The zero-order valence-corrected chi connectivity index (χ0v) is 13.2. The van der Waals surface area contributed by atoms with Gasteiger partial charge in [0.05, 0.1) is 4.90 Å². The Morgan fingerprint density at radius 2 is 1.71 bits per heavy atom. The fourth-order valence-electron chi connectivity index (χ4n) is 2.16. The number of rotatable bonds is 5. The van der Waals surface area contributed by atoms with E-state index in [0.717, 1.165) is 16.8 Å². The van der Waals surface area contributed by atoms with Crippen LogP contribution in [0.4, 0.5) is 5.69 Å². The van der Waals surface area contributed by atoms with Gasteiger partial charge < -0.3 is 5.32 Å². The number of benzene rings is 2. The predicted molar refractivity (Wildman–Crippen MR) is 85.9 cm³/mol. The van der Waals surface area contributed by atoms with E-state index in [1.807, 2.05) is 49.4 Å². The van der Waals surface area contributed by atoms with E-state index >= 15 is 0 Å². The van der Waals surface area contributed by atoms with Crippen LogP contribution >= 0.6 is 0 Å². The predicted octanol–water partition coefficient (Wildman–Crippen LogP) is 3.08. The topological polar surface area (TPSA) is 58.2 Å². The Balaban J connectivity index is 2.28. The van der Waals surface area contributed by atoms with Crippen molar-refractivity contribution >= 4 is 15.7 Å². The molecule has 1 atom stereocenters. The van der Waals surface area contributed by atoms with E-state index in [1.54, 1.807) is 13.0 Å². The van der Waals surface area contributed by atoms with Crippen molar-refractivity contribution in [3.8, 4) is 0 Å². The van der Waals surface area contributed by atoms with Crippen LogP contribution in [0.25, 0.3) is 0 Å². The average Bonchev–Trinajstić information content (AvgIpc) is 2.50. The van der Waals surface area contributed by atoms with Crippen molar-refractivity contribution < 1.29 is 8.42 Å². The van der Waals surface area contributed by atoms with Crippen LogP contribution in [0.3, 0.4) is 0 Å². The van der Waals surface area contributed by atoms with E-state index in [-0.39, 0.29) is 6.04 Å². The number of sulfonamides is 1. The molecule has 0 spiro atoms. The second-order valence-corrected chi connectivity index (χ2v) is 6.82. The quantitative estimate of drug-likeness (QED) is 0.892. The maximum Gasteiger partial charge on any atom is 0.240 e. The Labute approximate surface area is 126 Å². The van der Waals surface area contributed by atoms with E-state index in [4.69, 9.17) is 0 Å². The molecule has 4 nitrogen and oxygen atoms in total. The molecular formula is C16H20N2O2S. The minimum atomic E-state index is -3.44. The minimum absolute atomic E-state index is 0.0963. The van der Waals surface area contributed by atoms with Gasteiger partial charge in [-0.15, -0.1) is 0 Å². The number of nitrogens with one attached hydrogen (secondary N) is 2. The highest BCUT2D eigenvalue weighted by Gasteiger charge is 2.15. The fourth-order valence-corrected chi connectivity index (χ4v) is 3.16. The highest BCUT2D eigenvalue weighted by atomic mass is 32.2. The molecule has 112 valence electrons. The van der Waals surface area contributed by atoms with Crippen LogP contribution in [-0.2, 0) is 10.0 Å². The second kappa shape index (κ2) is 6.28. The van der Waals surface area contributed by atoms with Crippen molar-refractivity contribution in [3.05, 3.63) is 59.7 Å². The highest BCUT2D eigenvalue weighted by Crippen LogP contribution is 2.23. The molecule has 0 amide bonds. The van der Waals surface area contributed by atoms with E-state index in [0.29, 0.717) is 4.90 Å². The third-order valence-corrected chi connectivity index (χ3v) is 4.99. The van der Waals surface area contributed by atoms with Gasteiger partial charge in [0.1, 0.15) is 0 Å². The van der Waals surface area contributed by atoms with E-state index in [1.165, 1.54) is 7.05 Å². The Hall–Kier alpha value is -1.85. The molecule has 0 heterocycles. The van der Waals surface area contributed by atoms with Gasteiger partial charge in [-0.1, -0.05) is 36.4 Å². The first-order valence-corrected chi connectivity index (χ1v) is 8.28. The van der Waals surface area contributed by atoms with Crippen LogP contribution in [-0.4, -0.2) is 15.5 Å². The molecule has 0 saturated heterocycles. The summed E-state index contributed by atoms with van der Waals surface area (Å²) in [5, 5.41) is 3.33. The van der Waals surface area contributed by atoms with Gasteiger partial charge in [-0.25, -0.2) is 13.1 Å². The number of hydrogen-bond acceptors (Lipinski definition) is 3. The molecule has 21 heavy (non-hydrogen) atoms. The first-order valence-electron chi connectivity index (χ1n) is 6.79. The lowest BCUT2D eigenvalue weighted by atomic mass is 10.1. The lowest BCUT2D eigenvalue weighted by molar-refractivity contribution is 0.587. The van der Waals surface area contributed by atoms with Crippen molar-refractivity contribution in [3.63, 3.8) is 0 Å². The molecule has 0 aliphatic heterocycles. The zero-order valence-electron chi connectivity index (χ0n) is 12.4. The molecule has 0 bridgehead atoms. The van der Waals surface area contributed by atoms with E-state index in [2.05, 4.69) is 10.0 Å². The Morgan fingerprint density at radius 3 is 2.33 bits per heavy atom. The van der Waals surface area contributed by atoms with Crippen molar-refractivity contribution in [2.24, 2.45) is 0 Å². The molecule has 0 aromatic heterocycles. The lowest BCUT2D eigenvalue weighted by Gasteiger charge is -2.17. The monoisotopic (exact) mass is 304 g/mol. The van der Waals surface area contributed by atoms with Gasteiger partial charge in [0, 0.05) is 11.7 Å². The summed E-state index contributed by atoms with van der Waals surface area (Å²) < 4.78 is 26.3. The average molecular weight is 304 g/mol. The molecule has 5 heteroatoms. The summed E-state index contributed by atoms with van der Waals surface area (Å²) in [6.45, 7) is 3.83. The van der Waals surface area contributed by atoms with Crippen molar-refractivity contribution in [1.82, 2.24) is 4.72 Å². The van der Waals surface area contributed by atoms with Gasteiger partial charge in [0.2, 0.25) is 10.0 Å². The van der Waals surface area contributed by atoms with Gasteiger partial charge >= 0.3 is 0 Å². The zero-order chi connectivity index (χ0) is 15.5. The smallest absolute Gasteiger partial charge is 0.240 e. The summed E-state index contributed by atoms with van der Waals surface area (Å²) >= 11 is 0. The van der Waals surface area contributed by atoms with E-state index < -0.39 is 10.0 Å². The molecule has 0 aliphatic rings. The first-order chi connectivity index (χ1) is 9.94. The maximum atomic E-state index is 12.0. The SMILES string of the molecule is CNS(=O)(=O)c1cc(NC(C)c2ccccc2)ccc1C. The second-order valence-electron chi connectivity index (χ2n) is 4.96. The van der Waals surface area contributed by atoms with Crippen LogP contribution in [0.2, 0.25) is 0 Å². The molecule has 0 aliphatic carbocycles. The Bertz CT molecular complexity index is 712. The Kier molecular flexibility index (Phi) is 4.65. The molecular weight excluding hydrogens is 284 g/mol. The van der Waals surface area contributed by atoms with Crippen molar-refractivity contribution in [1.29, 1.82) is 0 Å². The molecule has 2 aromatic rings. The third kappa shape index (κ3) is 3.62. The van der Waals surface area contributed by atoms with E-state index in [9.17, 15) is 8.42 Å². The van der Waals surface area contributed by atoms with Crippen LogP contribution in [0, 0.1) is 6.92 Å². The van der Waals surface area contributed by atoms with Crippen molar-refractivity contribution in [2.45, 2.75) is 24.8 Å². The summed E-state index contributed by atoms with van der Waals surface area (Å²) in [5.74, 6) is 0. The standard InChI is InChI=1S/C16H20N2O2S/c1-12-9-10-15(11-16(12)21(19,20)17-3)18-13(2)14-7-5-4-6-8-14/h4-11,13,17-18H,1-3H3. The van der Waals surface area contributed by atoms with Gasteiger partial charge in [0.25, 0.3) is 0 Å². The lowest BCUT2D eigenvalue weighted by Crippen LogP contribution is -2.20. The molecule has 0 fully saturated rings. The molecule has 2 rings (SSSR count). The summed E-state index contributed by atoms with van der Waals surface area (Å²) in [4.78, 5) is 0.301. The molecule has 0 radical (unpaired) electrons. The number of aryl methyl sites for hydroxylation is 1. The van der Waals surface area contributed by atoms with Gasteiger partial charge in [-0.05, 0) is 44.2 Å².